The van der Waals surface area contributed by atoms with Gasteiger partial charge in [0.05, 0.1) is 6.54 Å². The Hall–Kier alpha value is -1.29. The minimum absolute atomic E-state index is 0.129. The van der Waals surface area contributed by atoms with E-state index in [1.54, 1.807) is 12.1 Å². The second kappa shape index (κ2) is 5.84. The Kier molecular flexibility index (Phi) is 4.47. The van der Waals surface area contributed by atoms with Gasteiger partial charge in [-0.3, -0.25) is 4.79 Å². The summed E-state index contributed by atoms with van der Waals surface area (Å²) in [5.74, 6) is -0.756. The Bertz CT molecular complexity index is 897. The molecule has 0 radical (unpaired) electrons. The summed E-state index contributed by atoms with van der Waals surface area (Å²) in [7, 11) is -6.39. The lowest BCUT2D eigenvalue weighted by molar-refractivity contribution is -0.116. The fourth-order valence-electron chi connectivity index (χ4n) is 1.67. The van der Waals surface area contributed by atoms with Gasteiger partial charge >= 0.3 is 0 Å². The predicted molar refractivity (Wildman–Crippen MR) is 84.4 cm³/mol. The molecule has 0 aliphatic heterocycles. The van der Waals surface area contributed by atoms with Gasteiger partial charge in [0.25, 0.3) is 5.91 Å². The molecule has 6 nitrogen and oxygen atoms in total. The molecule has 0 fully saturated rings. The number of benzene rings is 1. The molecule has 0 saturated heterocycles. The normalized spacial score (nSPS) is 12.5. The maximum Gasteiger partial charge on any atom is 0.268 e. The molecule has 0 spiro atoms. The monoisotopic (exact) mass is 346 g/mol. The molecule has 0 unspecified atom stereocenters. The zero-order chi connectivity index (χ0) is 15.7. The number of sulfonamides is 1. The van der Waals surface area contributed by atoms with Crippen molar-refractivity contribution < 1.29 is 17.4 Å². The SMILES string of the molecule is CS(C)(=O)=NC(=O)CNS(=O)(=O)c1csc2ccccc12. The van der Waals surface area contributed by atoms with Crippen LogP contribution in [-0.4, -0.2) is 37.6 Å². The Morgan fingerprint density at radius 2 is 1.90 bits per heavy atom. The van der Waals surface area contributed by atoms with Gasteiger partial charge in [-0.25, -0.2) is 17.3 Å². The highest BCUT2D eigenvalue weighted by Gasteiger charge is 2.19. The lowest BCUT2D eigenvalue weighted by atomic mass is 10.3. The van der Waals surface area contributed by atoms with Gasteiger partial charge in [-0.15, -0.1) is 11.3 Å². The van der Waals surface area contributed by atoms with Crippen LogP contribution in [0.2, 0.25) is 0 Å². The van der Waals surface area contributed by atoms with Crippen molar-refractivity contribution in [1.82, 2.24) is 4.72 Å². The highest BCUT2D eigenvalue weighted by Crippen LogP contribution is 2.28. The van der Waals surface area contributed by atoms with E-state index in [-0.39, 0.29) is 4.90 Å². The average molecular weight is 346 g/mol. The summed E-state index contributed by atoms with van der Waals surface area (Å²) in [6, 6.07) is 7.10. The van der Waals surface area contributed by atoms with Gasteiger partial charge in [0.15, 0.2) is 0 Å². The molecule has 0 aliphatic rings. The maximum absolute atomic E-state index is 12.2. The van der Waals surface area contributed by atoms with E-state index in [0.717, 1.165) is 4.70 Å². The molecule has 0 atom stereocenters. The van der Waals surface area contributed by atoms with Crippen LogP contribution in [0.4, 0.5) is 0 Å². The first-order valence-corrected chi connectivity index (χ1v) is 10.5. The van der Waals surface area contributed by atoms with Crippen LogP contribution in [0.3, 0.4) is 0 Å². The number of nitrogens with zero attached hydrogens (tertiary/aromatic N) is 1. The second-order valence-corrected chi connectivity index (χ2v) is 9.78. The summed E-state index contributed by atoms with van der Waals surface area (Å²) < 4.78 is 42.2. The Morgan fingerprint density at radius 3 is 2.57 bits per heavy atom. The van der Waals surface area contributed by atoms with Crippen molar-refractivity contribution in [3.8, 4) is 0 Å². The van der Waals surface area contributed by atoms with E-state index in [0.29, 0.717) is 5.39 Å². The molecule has 0 aliphatic carbocycles. The van der Waals surface area contributed by atoms with Crippen molar-refractivity contribution in [2.45, 2.75) is 4.90 Å². The first-order valence-electron chi connectivity index (χ1n) is 5.85. The first-order chi connectivity index (χ1) is 9.69. The predicted octanol–water partition coefficient (Wildman–Crippen LogP) is 1.43. The molecular formula is C12H14N2O4S3. The van der Waals surface area contributed by atoms with E-state index in [2.05, 4.69) is 9.08 Å². The number of amides is 1. The third kappa shape index (κ3) is 4.10. The molecule has 114 valence electrons. The zero-order valence-electron chi connectivity index (χ0n) is 11.4. The standard InChI is InChI=1S/C12H14N2O4S3/c1-20(2,16)14-12(15)7-13-21(17,18)11-8-19-10-6-4-3-5-9(10)11/h3-6,8,13H,7H2,1-2H3. The number of fused-ring (bicyclic) bond motifs is 1. The van der Waals surface area contributed by atoms with Crippen molar-refractivity contribution >= 4 is 47.1 Å². The molecule has 9 heteroatoms. The van der Waals surface area contributed by atoms with E-state index >= 15 is 0 Å². The number of carbonyl (C=O) groups excluding carboxylic acids is 1. The van der Waals surface area contributed by atoms with Crippen LogP contribution in [0, 0.1) is 0 Å². The minimum Gasteiger partial charge on any atom is -0.270 e. The number of hydrogen-bond donors (Lipinski definition) is 1. The second-order valence-electron chi connectivity index (χ2n) is 4.59. The van der Waals surface area contributed by atoms with Crippen molar-refractivity contribution in [2.24, 2.45) is 4.36 Å². The van der Waals surface area contributed by atoms with Gasteiger partial charge in [-0.2, -0.15) is 4.36 Å². The first kappa shape index (κ1) is 16.1. The van der Waals surface area contributed by atoms with Crippen molar-refractivity contribution in [1.29, 1.82) is 0 Å². The van der Waals surface area contributed by atoms with Crippen LogP contribution in [0.1, 0.15) is 0 Å². The van der Waals surface area contributed by atoms with Gasteiger partial charge in [0, 0.05) is 37.7 Å². The van der Waals surface area contributed by atoms with Gasteiger partial charge in [0.2, 0.25) is 10.0 Å². The molecule has 1 aromatic carbocycles. The van der Waals surface area contributed by atoms with Crippen LogP contribution in [0.5, 0.6) is 0 Å². The van der Waals surface area contributed by atoms with Crippen LogP contribution in [0.15, 0.2) is 38.9 Å². The van der Waals surface area contributed by atoms with Crippen LogP contribution >= 0.6 is 11.3 Å². The number of carbonyl (C=O) groups is 1. The average Bonchev–Trinajstić information content (AvgIpc) is 2.79. The third-order valence-electron chi connectivity index (χ3n) is 2.47. The zero-order valence-corrected chi connectivity index (χ0v) is 13.8. The quantitative estimate of drug-likeness (QED) is 0.906. The molecule has 2 aromatic rings. The summed E-state index contributed by atoms with van der Waals surface area (Å²) in [6.07, 6.45) is 2.62. The Balaban J connectivity index is 2.24. The largest absolute Gasteiger partial charge is 0.270 e. The van der Waals surface area contributed by atoms with E-state index < -0.39 is 32.2 Å². The number of rotatable bonds is 4. The third-order valence-corrected chi connectivity index (χ3v) is 5.67. The number of nitrogens with one attached hydrogen (secondary N) is 1. The van der Waals surface area contributed by atoms with Gasteiger partial charge < -0.3 is 0 Å². The topological polar surface area (TPSA) is 92.7 Å². The fraction of sp³-hybridized carbons (Fsp3) is 0.250. The Morgan fingerprint density at radius 1 is 1.24 bits per heavy atom. The van der Waals surface area contributed by atoms with Crippen molar-refractivity contribution in [2.75, 3.05) is 19.1 Å². The summed E-state index contributed by atoms with van der Waals surface area (Å²) >= 11 is 1.31. The van der Waals surface area contributed by atoms with Crippen LogP contribution < -0.4 is 4.72 Å². The molecule has 0 bridgehead atoms. The summed E-state index contributed by atoms with van der Waals surface area (Å²) in [6.45, 7) is -0.509. The highest BCUT2D eigenvalue weighted by molar-refractivity contribution is 7.92. The van der Waals surface area contributed by atoms with Gasteiger partial charge in [-0.05, 0) is 6.07 Å². The lowest BCUT2D eigenvalue weighted by Gasteiger charge is -2.04. The molecule has 0 saturated carbocycles. The summed E-state index contributed by atoms with van der Waals surface area (Å²) in [4.78, 5) is 11.6. The van der Waals surface area contributed by atoms with E-state index in [1.807, 2.05) is 12.1 Å². The molecule has 2 rings (SSSR count). The molecule has 1 heterocycles. The van der Waals surface area contributed by atoms with Crippen molar-refractivity contribution in [3.63, 3.8) is 0 Å². The van der Waals surface area contributed by atoms with E-state index in [9.17, 15) is 17.4 Å². The maximum atomic E-state index is 12.2. The smallest absolute Gasteiger partial charge is 0.268 e. The lowest BCUT2D eigenvalue weighted by Crippen LogP contribution is -2.29. The Labute approximate surface area is 127 Å². The number of hydrogen-bond acceptors (Lipinski definition) is 5. The molecule has 1 amide bonds. The summed E-state index contributed by atoms with van der Waals surface area (Å²) in [5.41, 5.74) is 0. The van der Waals surface area contributed by atoms with E-state index in [1.165, 1.54) is 29.2 Å². The van der Waals surface area contributed by atoms with Crippen LogP contribution in [-0.2, 0) is 24.5 Å². The van der Waals surface area contributed by atoms with Crippen LogP contribution in [0.25, 0.3) is 10.1 Å². The fourth-order valence-corrected chi connectivity index (χ4v) is 4.70. The van der Waals surface area contributed by atoms with Gasteiger partial charge in [0.1, 0.15) is 4.90 Å². The van der Waals surface area contributed by atoms with Gasteiger partial charge in [-0.1, -0.05) is 18.2 Å². The van der Waals surface area contributed by atoms with Crippen molar-refractivity contribution in [3.05, 3.63) is 29.6 Å². The number of thiophene rings is 1. The molecule has 21 heavy (non-hydrogen) atoms. The van der Waals surface area contributed by atoms with E-state index in [4.69, 9.17) is 0 Å². The summed E-state index contributed by atoms with van der Waals surface area (Å²) in [5, 5.41) is 2.13. The molecule has 1 aromatic heterocycles. The molecule has 1 N–H and O–H groups in total. The molecular weight excluding hydrogens is 332 g/mol. The minimum atomic E-state index is -3.81. The highest BCUT2D eigenvalue weighted by atomic mass is 32.2.